The molecule has 0 bridgehead atoms. The summed E-state index contributed by atoms with van der Waals surface area (Å²) in [6.07, 6.45) is 3.69. The van der Waals surface area contributed by atoms with Crippen molar-refractivity contribution in [2.24, 2.45) is 4.99 Å². The van der Waals surface area contributed by atoms with E-state index in [1.54, 1.807) is 26.4 Å². The van der Waals surface area contributed by atoms with Crippen LogP contribution in [0, 0.1) is 0 Å². The summed E-state index contributed by atoms with van der Waals surface area (Å²) >= 11 is 0. The van der Waals surface area contributed by atoms with E-state index in [-0.39, 0.29) is 5.91 Å². The van der Waals surface area contributed by atoms with Crippen LogP contribution in [0.25, 0.3) is 0 Å². The minimum Gasteiger partial charge on any atom is -0.377 e. The number of aliphatic imine (C=N–C) groups is 1. The molecule has 0 saturated heterocycles. The van der Waals surface area contributed by atoms with Crippen molar-refractivity contribution in [3.05, 3.63) is 12.3 Å². The first-order valence-electron chi connectivity index (χ1n) is 3.78. The van der Waals surface area contributed by atoms with Crippen LogP contribution in [0.5, 0.6) is 0 Å². The zero-order valence-electron chi connectivity index (χ0n) is 7.72. The van der Waals surface area contributed by atoms with E-state index in [1.807, 2.05) is 6.92 Å². The Morgan fingerprint density at radius 1 is 1.42 bits per heavy atom. The van der Waals surface area contributed by atoms with Gasteiger partial charge in [0, 0.05) is 26.7 Å². The standard InChI is InChI=1S/C8H15N3O/c1-7(9-2)11-6-4-5-8(12)10-3/h4,6H,5H2,1-3H3,(H,9,11)(H,10,12)/b6-4-. The van der Waals surface area contributed by atoms with Crippen LogP contribution in [0.15, 0.2) is 17.3 Å². The van der Waals surface area contributed by atoms with Crippen LogP contribution in [0.2, 0.25) is 0 Å². The van der Waals surface area contributed by atoms with E-state index in [2.05, 4.69) is 15.6 Å². The van der Waals surface area contributed by atoms with Gasteiger partial charge in [-0.25, -0.2) is 4.99 Å². The maximum Gasteiger partial charge on any atom is 0.223 e. The van der Waals surface area contributed by atoms with E-state index in [0.717, 1.165) is 5.84 Å². The molecular formula is C8H15N3O. The third-order valence-corrected chi connectivity index (χ3v) is 1.32. The second kappa shape index (κ2) is 6.39. The van der Waals surface area contributed by atoms with Gasteiger partial charge in [-0.1, -0.05) is 6.08 Å². The second-order valence-corrected chi connectivity index (χ2v) is 2.23. The Hall–Kier alpha value is -1.32. The van der Waals surface area contributed by atoms with Gasteiger partial charge in [0.1, 0.15) is 0 Å². The van der Waals surface area contributed by atoms with Crippen molar-refractivity contribution in [3.8, 4) is 0 Å². The third-order valence-electron chi connectivity index (χ3n) is 1.32. The number of carbonyl (C=O) groups is 1. The van der Waals surface area contributed by atoms with Crippen LogP contribution < -0.4 is 10.6 Å². The quantitative estimate of drug-likeness (QED) is 0.471. The Morgan fingerprint density at radius 3 is 2.58 bits per heavy atom. The van der Waals surface area contributed by atoms with Gasteiger partial charge < -0.3 is 10.6 Å². The first-order valence-corrected chi connectivity index (χ1v) is 3.78. The Morgan fingerprint density at radius 2 is 2.08 bits per heavy atom. The lowest BCUT2D eigenvalue weighted by Crippen LogP contribution is -2.16. The van der Waals surface area contributed by atoms with Gasteiger partial charge in [-0.3, -0.25) is 4.79 Å². The zero-order chi connectivity index (χ0) is 9.40. The van der Waals surface area contributed by atoms with Crippen molar-refractivity contribution in [3.63, 3.8) is 0 Å². The summed E-state index contributed by atoms with van der Waals surface area (Å²) < 4.78 is 0. The topological polar surface area (TPSA) is 53.5 Å². The van der Waals surface area contributed by atoms with Gasteiger partial charge in [-0.15, -0.1) is 0 Å². The highest BCUT2D eigenvalue weighted by atomic mass is 16.1. The molecule has 0 spiro atoms. The fraction of sp³-hybridized carbons (Fsp3) is 0.500. The Bertz CT molecular complexity index is 196. The molecule has 0 rings (SSSR count). The molecule has 0 atom stereocenters. The molecule has 0 aromatic rings. The fourth-order valence-electron chi connectivity index (χ4n) is 0.491. The molecule has 0 fully saturated rings. The highest BCUT2D eigenvalue weighted by molar-refractivity contribution is 5.80. The minimum absolute atomic E-state index is 0.0106. The number of hydrogen-bond acceptors (Lipinski definition) is 2. The SMILES string of the molecule is CNC(=O)C/C=C\N=C(/C)NC. The van der Waals surface area contributed by atoms with Crippen molar-refractivity contribution < 1.29 is 4.79 Å². The smallest absolute Gasteiger partial charge is 0.223 e. The van der Waals surface area contributed by atoms with Gasteiger partial charge in [0.05, 0.1) is 5.84 Å². The molecule has 0 aromatic heterocycles. The molecule has 0 aromatic carbocycles. The number of hydrogen-bond donors (Lipinski definition) is 2. The largest absolute Gasteiger partial charge is 0.377 e. The van der Waals surface area contributed by atoms with E-state index >= 15 is 0 Å². The van der Waals surface area contributed by atoms with E-state index in [9.17, 15) is 4.79 Å². The van der Waals surface area contributed by atoms with Crippen molar-refractivity contribution in [2.45, 2.75) is 13.3 Å². The van der Waals surface area contributed by atoms with E-state index in [4.69, 9.17) is 0 Å². The van der Waals surface area contributed by atoms with Crippen LogP contribution in [-0.2, 0) is 4.79 Å². The van der Waals surface area contributed by atoms with E-state index < -0.39 is 0 Å². The van der Waals surface area contributed by atoms with Crippen LogP contribution in [0.4, 0.5) is 0 Å². The minimum atomic E-state index is -0.0106. The zero-order valence-corrected chi connectivity index (χ0v) is 7.72. The summed E-state index contributed by atoms with van der Waals surface area (Å²) in [5.41, 5.74) is 0. The molecule has 0 radical (unpaired) electrons. The molecule has 0 heterocycles. The molecular weight excluding hydrogens is 154 g/mol. The summed E-state index contributed by atoms with van der Waals surface area (Å²) in [4.78, 5) is 14.7. The van der Waals surface area contributed by atoms with Crippen LogP contribution in [0.3, 0.4) is 0 Å². The van der Waals surface area contributed by atoms with Gasteiger partial charge in [0.2, 0.25) is 5.91 Å². The number of carbonyl (C=O) groups excluding carboxylic acids is 1. The Kier molecular flexibility index (Phi) is 5.69. The summed E-state index contributed by atoms with van der Waals surface area (Å²) in [6, 6.07) is 0. The monoisotopic (exact) mass is 169 g/mol. The van der Waals surface area contributed by atoms with Gasteiger partial charge >= 0.3 is 0 Å². The van der Waals surface area contributed by atoms with Crippen LogP contribution in [-0.4, -0.2) is 25.8 Å². The predicted molar refractivity (Wildman–Crippen MR) is 50.0 cm³/mol. The molecule has 12 heavy (non-hydrogen) atoms. The molecule has 4 heteroatoms. The van der Waals surface area contributed by atoms with Gasteiger partial charge in [0.25, 0.3) is 0 Å². The number of nitrogens with one attached hydrogen (secondary N) is 2. The van der Waals surface area contributed by atoms with Crippen molar-refractivity contribution in [2.75, 3.05) is 14.1 Å². The van der Waals surface area contributed by atoms with Gasteiger partial charge in [-0.2, -0.15) is 0 Å². The molecule has 68 valence electrons. The molecule has 0 unspecified atom stereocenters. The Balaban J connectivity index is 3.70. The summed E-state index contributed by atoms with van der Waals surface area (Å²) in [6.45, 7) is 1.85. The summed E-state index contributed by atoms with van der Waals surface area (Å²) in [5, 5.41) is 5.38. The molecule has 0 aliphatic rings. The van der Waals surface area contributed by atoms with Crippen LogP contribution in [0.1, 0.15) is 13.3 Å². The fourth-order valence-corrected chi connectivity index (χ4v) is 0.491. The second-order valence-electron chi connectivity index (χ2n) is 2.23. The first-order chi connectivity index (χ1) is 5.70. The summed E-state index contributed by atoms with van der Waals surface area (Å²) in [7, 11) is 3.41. The summed E-state index contributed by atoms with van der Waals surface area (Å²) in [5.74, 6) is 0.812. The Labute approximate surface area is 72.8 Å². The maximum absolute atomic E-state index is 10.7. The average Bonchev–Trinajstić information content (AvgIpc) is 2.11. The van der Waals surface area contributed by atoms with E-state index in [1.165, 1.54) is 0 Å². The first kappa shape index (κ1) is 10.7. The van der Waals surface area contributed by atoms with Crippen molar-refractivity contribution in [1.29, 1.82) is 0 Å². The molecule has 2 N–H and O–H groups in total. The van der Waals surface area contributed by atoms with E-state index in [0.29, 0.717) is 6.42 Å². The number of amidine groups is 1. The predicted octanol–water partition coefficient (Wildman–Crippen LogP) is 0.274. The van der Waals surface area contributed by atoms with Gasteiger partial charge in [0.15, 0.2) is 0 Å². The lowest BCUT2D eigenvalue weighted by molar-refractivity contribution is -0.119. The number of amides is 1. The highest BCUT2D eigenvalue weighted by Crippen LogP contribution is 1.83. The normalized spacial score (nSPS) is 11.8. The lowest BCUT2D eigenvalue weighted by Gasteiger charge is -1.93. The lowest BCUT2D eigenvalue weighted by atomic mass is 10.4. The average molecular weight is 169 g/mol. The molecule has 1 amide bonds. The maximum atomic E-state index is 10.7. The van der Waals surface area contributed by atoms with Crippen LogP contribution >= 0.6 is 0 Å². The highest BCUT2D eigenvalue weighted by Gasteiger charge is 1.89. The molecule has 0 aliphatic heterocycles. The van der Waals surface area contributed by atoms with Gasteiger partial charge in [-0.05, 0) is 6.92 Å². The molecule has 4 nitrogen and oxygen atoms in total. The third kappa shape index (κ3) is 5.46. The molecule has 0 aliphatic carbocycles. The molecule has 0 saturated carbocycles. The number of rotatable bonds is 3. The van der Waals surface area contributed by atoms with Crippen molar-refractivity contribution in [1.82, 2.24) is 10.6 Å². The number of nitrogens with zero attached hydrogens (tertiary/aromatic N) is 1. The van der Waals surface area contributed by atoms with Crippen molar-refractivity contribution >= 4 is 11.7 Å².